The summed E-state index contributed by atoms with van der Waals surface area (Å²) in [6, 6.07) is 13.8. The van der Waals surface area contributed by atoms with E-state index in [1.807, 2.05) is 38.1 Å². The molecule has 3 aromatic rings. The molecule has 0 atom stereocenters. The minimum absolute atomic E-state index is 0.119. The van der Waals surface area contributed by atoms with Gasteiger partial charge in [0.05, 0.1) is 18.9 Å². The number of rotatable bonds is 7. The lowest BCUT2D eigenvalue weighted by molar-refractivity contribution is 0.0952. The highest BCUT2D eigenvalue weighted by Crippen LogP contribution is 2.28. The van der Waals surface area contributed by atoms with Gasteiger partial charge < -0.3 is 14.6 Å². The maximum Gasteiger partial charge on any atom is 0.275 e. The van der Waals surface area contributed by atoms with E-state index in [0.29, 0.717) is 16.0 Å². The SMILES string of the molecule is COc1ccc(/C=N\NC(=O)c2cc(Br)ccc2O)cc1COc1cc(C)c(Cl)c(C)c1. The lowest BCUT2D eigenvalue weighted by Crippen LogP contribution is -2.17. The Labute approximate surface area is 200 Å². The standard InChI is InChI=1S/C24H22BrClN2O4/c1-14-8-19(9-15(2)23(14)26)32-13-17-10-16(4-7-22(17)31-3)12-27-28-24(30)20-11-18(25)5-6-21(20)29/h4-12,29H,13H2,1-3H3,(H,28,30)/b27-12-. The molecule has 8 heteroatoms. The lowest BCUT2D eigenvalue weighted by atomic mass is 10.1. The summed E-state index contributed by atoms with van der Waals surface area (Å²) >= 11 is 9.50. The van der Waals surface area contributed by atoms with Crippen molar-refractivity contribution in [3.05, 3.63) is 85.8 Å². The van der Waals surface area contributed by atoms with Crippen LogP contribution in [0.15, 0.2) is 58.1 Å². The summed E-state index contributed by atoms with van der Waals surface area (Å²) in [5, 5.41) is 14.6. The monoisotopic (exact) mass is 516 g/mol. The summed E-state index contributed by atoms with van der Waals surface area (Å²) in [6.45, 7) is 4.15. The number of nitrogens with zero attached hydrogens (tertiary/aromatic N) is 1. The van der Waals surface area contributed by atoms with E-state index in [1.54, 1.807) is 19.2 Å². The van der Waals surface area contributed by atoms with Gasteiger partial charge in [-0.25, -0.2) is 5.43 Å². The number of methoxy groups -OCH3 is 1. The van der Waals surface area contributed by atoms with E-state index in [4.69, 9.17) is 21.1 Å². The first-order valence-corrected chi connectivity index (χ1v) is 10.8. The molecule has 0 aromatic heterocycles. The summed E-state index contributed by atoms with van der Waals surface area (Å²) in [5.74, 6) is 0.738. The van der Waals surface area contributed by atoms with Crippen LogP contribution in [0, 0.1) is 13.8 Å². The Balaban J connectivity index is 1.71. The van der Waals surface area contributed by atoms with Crippen molar-refractivity contribution in [2.24, 2.45) is 5.10 Å². The molecular formula is C24H22BrClN2O4. The Kier molecular flexibility index (Phi) is 7.77. The molecule has 0 aliphatic heterocycles. The topological polar surface area (TPSA) is 80.2 Å². The molecule has 3 aromatic carbocycles. The molecule has 0 radical (unpaired) electrons. The third-order valence-electron chi connectivity index (χ3n) is 4.69. The highest BCUT2D eigenvalue weighted by atomic mass is 79.9. The second kappa shape index (κ2) is 10.5. The minimum atomic E-state index is -0.523. The Bertz CT molecular complexity index is 1160. The number of ether oxygens (including phenoxy) is 2. The fraction of sp³-hybridized carbons (Fsp3) is 0.167. The van der Waals surface area contributed by atoms with Gasteiger partial charge >= 0.3 is 0 Å². The van der Waals surface area contributed by atoms with Crippen molar-refractivity contribution < 1.29 is 19.4 Å². The van der Waals surface area contributed by atoms with Gasteiger partial charge in [-0.2, -0.15) is 5.10 Å². The second-order valence-corrected chi connectivity index (χ2v) is 8.39. The predicted molar refractivity (Wildman–Crippen MR) is 129 cm³/mol. The molecule has 3 rings (SSSR count). The first-order valence-electron chi connectivity index (χ1n) is 9.67. The maximum atomic E-state index is 12.3. The molecule has 166 valence electrons. The van der Waals surface area contributed by atoms with Crippen LogP contribution in [0.4, 0.5) is 0 Å². The fourth-order valence-electron chi connectivity index (χ4n) is 3.06. The van der Waals surface area contributed by atoms with Crippen molar-refractivity contribution >= 4 is 39.7 Å². The molecule has 0 heterocycles. The van der Waals surface area contributed by atoms with Crippen molar-refractivity contribution in [3.8, 4) is 17.2 Å². The van der Waals surface area contributed by atoms with Crippen molar-refractivity contribution in [2.75, 3.05) is 7.11 Å². The van der Waals surface area contributed by atoms with Crippen LogP contribution >= 0.6 is 27.5 Å². The molecule has 1 amide bonds. The van der Waals surface area contributed by atoms with E-state index >= 15 is 0 Å². The molecule has 6 nitrogen and oxygen atoms in total. The molecule has 0 saturated carbocycles. The number of phenolic OH excluding ortho intramolecular Hbond substituents is 1. The smallest absolute Gasteiger partial charge is 0.275 e. The number of nitrogens with one attached hydrogen (secondary N) is 1. The van der Waals surface area contributed by atoms with Crippen molar-refractivity contribution in [1.82, 2.24) is 5.43 Å². The minimum Gasteiger partial charge on any atom is -0.507 e. The van der Waals surface area contributed by atoms with Crippen LogP contribution in [0.25, 0.3) is 0 Å². The molecule has 0 unspecified atom stereocenters. The zero-order valence-electron chi connectivity index (χ0n) is 17.8. The molecule has 0 spiro atoms. The average Bonchev–Trinajstić information content (AvgIpc) is 2.77. The first kappa shape index (κ1) is 23.6. The number of amides is 1. The van der Waals surface area contributed by atoms with Gasteiger partial charge in [-0.05, 0) is 79.1 Å². The number of benzene rings is 3. The Morgan fingerprint density at radius 1 is 1.16 bits per heavy atom. The van der Waals surface area contributed by atoms with Gasteiger partial charge in [-0.1, -0.05) is 27.5 Å². The molecular weight excluding hydrogens is 496 g/mol. The van der Waals surface area contributed by atoms with Gasteiger partial charge in [0.2, 0.25) is 0 Å². The number of hydrogen-bond donors (Lipinski definition) is 2. The average molecular weight is 518 g/mol. The van der Waals surface area contributed by atoms with E-state index in [0.717, 1.165) is 27.3 Å². The van der Waals surface area contributed by atoms with Gasteiger partial charge in [0.25, 0.3) is 5.91 Å². The van der Waals surface area contributed by atoms with Crippen molar-refractivity contribution in [3.63, 3.8) is 0 Å². The molecule has 32 heavy (non-hydrogen) atoms. The Morgan fingerprint density at radius 2 is 1.88 bits per heavy atom. The lowest BCUT2D eigenvalue weighted by Gasteiger charge is -2.13. The Hall–Kier alpha value is -3.03. The zero-order valence-corrected chi connectivity index (χ0v) is 20.1. The molecule has 0 fully saturated rings. The van der Waals surface area contributed by atoms with Crippen molar-refractivity contribution in [2.45, 2.75) is 20.5 Å². The quantitative estimate of drug-likeness (QED) is 0.308. The molecule has 0 aliphatic carbocycles. The fourth-order valence-corrected chi connectivity index (χ4v) is 3.53. The largest absolute Gasteiger partial charge is 0.507 e. The van der Waals surface area contributed by atoms with Crippen LogP contribution < -0.4 is 14.9 Å². The normalized spacial score (nSPS) is 10.9. The van der Waals surface area contributed by atoms with Crippen molar-refractivity contribution in [1.29, 1.82) is 0 Å². The van der Waals surface area contributed by atoms with E-state index in [-0.39, 0.29) is 17.9 Å². The van der Waals surface area contributed by atoms with E-state index < -0.39 is 5.91 Å². The van der Waals surface area contributed by atoms with Crippen LogP contribution in [-0.4, -0.2) is 24.3 Å². The second-order valence-electron chi connectivity index (χ2n) is 7.09. The highest BCUT2D eigenvalue weighted by Gasteiger charge is 2.11. The number of hydrazone groups is 1. The number of hydrogen-bond acceptors (Lipinski definition) is 5. The zero-order chi connectivity index (χ0) is 23.3. The summed E-state index contributed by atoms with van der Waals surface area (Å²) in [6.07, 6.45) is 1.51. The van der Waals surface area contributed by atoms with Gasteiger partial charge in [-0.3, -0.25) is 4.79 Å². The summed E-state index contributed by atoms with van der Waals surface area (Å²) in [4.78, 5) is 12.3. The molecule has 2 N–H and O–H groups in total. The number of carbonyl (C=O) groups excluding carboxylic acids is 1. The third kappa shape index (κ3) is 5.81. The number of halogens is 2. The number of aromatic hydroxyl groups is 1. The maximum absolute atomic E-state index is 12.3. The van der Waals surface area contributed by atoms with Gasteiger partial charge in [0.1, 0.15) is 23.9 Å². The summed E-state index contributed by atoms with van der Waals surface area (Å²) in [7, 11) is 1.59. The molecule has 0 saturated heterocycles. The highest BCUT2D eigenvalue weighted by molar-refractivity contribution is 9.10. The van der Waals surface area contributed by atoms with E-state index in [9.17, 15) is 9.90 Å². The number of carbonyl (C=O) groups is 1. The first-order chi connectivity index (χ1) is 15.3. The molecule has 0 bridgehead atoms. The van der Waals surface area contributed by atoms with Gasteiger partial charge in [-0.15, -0.1) is 0 Å². The van der Waals surface area contributed by atoms with E-state index in [1.165, 1.54) is 18.3 Å². The van der Waals surface area contributed by atoms with Crippen LogP contribution in [0.3, 0.4) is 0 Å². The summed E-state index contributed by atoms with van der Waals surface area (Å²) in [5.41, 5.74) is 5.98. The van der Waals surface area contributed by atoms with Crippen LogP contribution in [0.2, 0.25) is 5.02 Å². The van der Waals surface area contributed by atoms with Crippen LogP contribution in [0.1, 0.15) is 32.6 Å². The number of aryl methyl sites for hydroxylation is 2. The van der Waals surface area contributed by atoms with Crippen LogP contribution in [-0.2, 0) is 6.61 Å². The van der Waals surface area contributed by atoms with Gasteiger partial charge in [0, 0.05) is 15.1 Å². The van der Waals surface area contributed by atoms with Crippen LogP contribution in [0.5, 0.6) is 17.2 Å². The van der Waals surface area contributed by atoms with E-state index in [2.05, 4.69) is 26.5 Å². The third-order valence-corrected chi connectivity index (χ3v) is 5.78. The summed E-state index contributed by atoms with van der Waals surface area (Å²) < 4.78 is 12.1. The predicted octanol–water partition coefficient (Wildman–Crippen LogP) is 5.78. The Morgan fingerprint density at radius 3 is 2.56 bits per heavy atom. The molecule has 0 aliphatic rings. The number of phenols is 1. The van der Waals surface area contributed by atoms with Gasteiger partial charge in [0.15, 0.2) is 0 Å².